The molecule has 0 aliphatic heterocycles. The Morgan fingerprint density at radius 1 is 1.58 bits per heavy atom. The average Bonchev–Trinajstić information content (AvgIpc) is 1.97. The van der Waals surface area contributed by atoms with Gasteiger partial charge < -0.3 is 9.84 Å². The van der Waals surface area contributed by atoms with Crippen molar-refractivity contribution in [3.8, 4) is 0 Å². The van der Waals surface area contributed by atoms with Gasteiger partial charge in [-0.15, -0.1) is 0 Å². The van der Waals surface area contributed by atoms with E-state index in [4.69, 9.17) is 9.84 Å². The van der Waals surface area contributed by atoms with E-state index in [2.05, 4.69) is 4.99 Å². The molecular weight excluding hydrogens is 158 g/mol. The first-order valence-electron chi connectivity index (χ1n) is 3.85. The van der Waals surface area contributed by atoms with Crippen LogP contribution in [0.15, 0.2) is 4.99 Å². The molecule has 0 atom stereocenters. The van der Waals surface area contributed by atoms with Gasteiger partial charge in [-0.1, -0.05) is 13.8 Å². The normalized spacial score (nSPS) is 11.8. The summed E-state index contributed by atoms with van der Waals surface area (Å²) in [7, 11) is 1.50. The van der Waals surface area contributed by atoms with E-state index < -0.39 is 5.97 Å². The highest BCUT2D eigenvalue weighted by molar-refractivity contribution is 5.79. The Kier molecular flexibility index (Phi) is 5.08. The van der Waals surface area contributed by atoms with Gasteiger partial charge in [-0.25, -0.2) is 4.99 Å². The van der Waals surface area contributed by atoms with Crippen LogP contribution in [0.2, 0.25) is 0 Å². The van der Waals surface area contributed by atoms with Crippen LogP contribution in [0.3, 0.4) is 0 Å². The van der Waals surface area contributed by atoms with Crippen molar-refractivity contribution in [1.29, 1.82) is 0 Å². The Hall–Kier alpha value is -1.06. The van der Waals surface area contributed by atoms with Crippen molar-refractivity contribution in [3.05, 3.63) is 0 Å². The van der Waals surface area contributed by atoms with Crippen LogP contribution in [0.1, 0.15) is 20.3 Å². The van der Waals surface area contributed by atoms with Gasteiger partial charge in [0.15, 0.2) is 5.90 Å². The molecule has 0 radical (unpaired) electrons. The van der Waals surface area contributed by atoms with E-state index in [-0.39, 0.29) is 6.54 Å². The van der Waals surface area contributed by atoms with Gasteiger partial charge in [-0.2, -0.15) is 0 Å². The molecule has 0 saturated carbocycles. The Morgan fingerprint density at radius 3 is 2.50 bits per heavy atom. The van der Waals surface area contributed by atoms with Crippen molar-refractivity contribution in [3.63, 3.8) is 0 Å². The topological polar surface area (TPSA) is 58.9 Å². The molecule has 70 valence electrons. The first-order valence-corrected chi connectivity index (χ1v) is 3.85. The van der Waals surface area contributed by atoms with Crippen molar-refractivity contribution >= 4 is 11.9 Å². The lowest BCUT2D eigenvalue weighted by atomic mass is 10.1. The number of hydrogen-bond donors (Lipinski definition) is 1. The van der Waals surface area contributed by atoms with Gasteiger partial charge in [0.1, 0.15) is 6.54 Å². The molecule has 0 spiro atoms. The molecule has 1 N–H and O–H groups in total. The molecular formula is C8H15NO3. The van der Waals surface area contributed by atoms with Crippen molar-refractivity contribution in [1.82, 2.24) is 0 Å². The molecule has 0 heterocycles. The molecule has 0 bridgehead atoms. The van der Waals surface area contributed by atoms with Gasteiger partial charge in [0.25, 0.3) is 0 Å². The van der Waals surface area contributed by atoms with E-state index in [1.807, 2.05) is 13.8 Å². The van der Waals surface area contributed by atoms with E-state index in [0.29, 0.717) is 18.2 Å². The fourth-order valence-corrected chi connectivity index (χ4v) is 0.717. The van der Waals surface area contributed by atoms with Gasteiger partial charge in [-0.05, 0) is 5.92 Å². The number of aliphatic imine (C=N–C) groups is 1. The maximum Gasteiger partial charge on any atom is 0.325 e. The lowest BCUT2D eigenvalue weighted by Gasteiger charge is -2.06. The minimum Gasteiger partial charge on any atom is -0.484 e. The second-order valence-electron chi connectivity index (χ2n) is 2.91. The van der Waals surface area contributed by atoms with E-state index in [1.165, 1.54) is 7.11 Å². The summed E-state index contributed by atoms with van der Waals surface area (Å²) in [6.07, 6.45) is 0.684. The predicted octanol–water partition coefficient (Wildman–Crippen LogP) is 1.16. The first-order chi connectivity index (χ1) is 5.56. The average molecular weight is 173 g/mol. The van der Waals surface area contributed by atoms with E-state index >= 15 is 0 Å². The Balaban J connectivity index is 3.95. The van der Waals surface area contributed by atoms with Crippen LogP contribution in [0.5, 0.6) is 0 Å². The summed E-state index contributed by atoms with van der Waals surface area (Å²) in [5.74, 6) is -0.00167. The second kappa shape index (κ2) is 5.57. The van der Waals surface area contributed by atoms with Gasteiger partial charge in [-0.3, -0.25) is 4.79 Å². The van der Waals surface area contributed by atoms with Crippen LogP contribution >= 0.6 is 0 Å². The summed E-state index contributed by atoms with van der Waals surface area (Å²) < 4.78 is 4.90. The van der Waals surface area contributed by atoms with Crippen LogP contribution in [0.4, 0.5) is 0 Å². The number of carboxylic acid groups (broad SMARTS) is 1. The molecule has 4 nitrogen and oxygen atoms in total. The molecule has 0 aliphatic carbocycles. The van der Waals surface area contributed by atoms with Crippen LogP contribution in [-0.4, -0.2) is 30.6 Å². The number of ether oxygens (including phenoxy) is 1. The number of carbonyl (C=O) groups is 1. The summed E-state index contributed by atoms with van der Waals surface area (Å²) in [6, 6.07) is 0. The Morgan fingerprint density at radius 2 is 2.17 bits per heavy atom. The lowest BCUT2D eigenvalue weighted by Crippen LogP contribution is -2.09. The van der Waals surface area contributed by atoms with Crippen molar-refractivity contribution in [2.75, 3.05) is 13.7 Å². The fourth-order valence-electron chi connectivity index (χ4n) is 0.717. The smallest absolute Gasteiger partial charge is 0.325 e. The Labute approximate surface area is 72.3 Å². The van der Waals surface area contributed by atoms with Crippen LogP contribution in [0, 0.1) is 5.92 Å². The second-order valence-corrected chi connectivity index (χ2v) is 2.91. The number of rotatable bonds is 4. The first kappa shape index (κ1) is 10.9. The van der Waals surface area contributed by atoms with Crippen LogP contribution in [-0.2, 0) is 9.53 Å². The fraction of sp³-hybridized carbons (Fsp3) is 0.750. The molecule has 0 saturated heterocycles. The summed E-state index contributed by atoms with van der Waals surface area (Å²) in [5.41, 5.74) is 0. The lowest BCUT2D eigenvalue weighted by molar-refractivity contribution is -0.135. The summed E-state index contributed by atoms with van der Waals surface area (Å²) >= 11 is 0. The zero-order valence-corrected chi connectivity index (χ0v) is 7.70. The molecule has 12 heavy (non-hydrogen) atoms. The highest BCUT2D eigenvalue weighted by Gasteiger charge is 2.03. The third-order valence-corrected chi connectivity index (χ3v) is 1.21. The summed E-state index contributed by atoms with van der Waals surface area (Å²) in [6.45, 7) is 3.83. The van der Waals surface area contributed by atoms with Crippen LogP contribution < -0.4 is 0 Å². The Bertz CT molecular complexity index is 175. The summed E-state index contributed by atoms with van der Waals surface area (Å²) in [4.78, 5) is 13.9. The molecule has 0 aromatic rings. The minimum absolute atomic E-state index is 0.212. The number of aliphatic carboxylic acids is 1. The molecule has 4 heteroatoms. The van der Waals surface area contributed by atoms with Gasteiger partial charge in [0, 0.05) is 6.42 Å². The molecule has 0 aromatic carbocycles. The van der Waals surface area contributed by atoms with Crippen molar-refractivity contribution in [2.45, 2.75) is 20.3 Å². The standard InChI is InChI=1S/C8H15NO3/c1-6(2)4-7(12-3)9-5-8(10)11/h6H,4-5H2,1-3H3,(H,10,11)/b9-7-. The molecule has 0 rings (SSSR count). The molecule has 0 fully saturated rings. The van der Waals surface area contributed by atoms with Gasteiger partial charge >= 0.3 is 5.97 Å². The number of hydrogen-bond acceptors (Lipinski definition) is 3. The molecule has 0 unspecified atom stereocenters. The van der Waals surface area contributed by atoms with E-state index in [9.17, 15) is 4.79 Å². The zero-order chi connectivity index (χ0) is 9.56. The summed E-state index contributed by atoms with van der Waals surface area (Å²) in [5, 5.41) is 8.33. The maximum absolute atomic E-state index is 10.1. The quantitative estimate of drug-likeness (QED) is 0.512. The SMILES string of the molecule is CO/C(CC(C)C)=N\CC(=O)O. The van der Waals surface area contributed by atoms with E-state index in [1.54, 1.807) is 0 Å². The number of carboxylic acids is 1. The maximum atomic E-state index is 10.1. The van der Waals surface area contributed by atoms with Gasteiger partial charge in [0.2, 0.25) is 0 Å². The molecule has 0 amide bonds. The third kappa shape index (κ3) is 5.70. The van der Waals surface area contributed by atoms with Crippen molar-refractivity contribution in [2.24, 2.45) is 10.9 Å². The zero-order valence-electron chi connectivity index (χ0n) is 7.70. The van der Waals surface area contributed by atoms with E-state index in [0.717, 1.165) is 0 Å². The minimum atomic E-state index is -0.937. The monoisotopic (exact) mass is 173 g/mol. The third-order valence-electron chi connectivity index (χ3n) is 1.21. The number of nitrogens with zero attached hydrogens (tertiary/aromatic N) is 1. The largest absolute Gasteiger partial charge is 0.484 e. The van der Waals surface area contributed by atoms with Crippen molar-refractivity contribution < 1.29 is 14.6 Å². The van der Waals surface area contributed by atoms with Crippen LogP contribution in [0.25, 0.3) is 0 Å². The highest BCUT2D eigenvalue weighted by atomic mass is 16.5. The molecule has 0 aromatic heterocycles. The predicted molar refractivity (Wildman–Crippen MR) is 46.4 cm³/mol. The number of methoxy groups -OCH3 is 1. The van der Waals surface area contributed by atoms with Gasteiger partial charge in [0.05, 0.1) is 7.11 Å². The molecule has 0 aliphatic rings. The highest BCUT2D eigenvalue weighted by Crippen LogP contribution is 2.01.